The maximum atomic E-state index is 13.3. The molecule has 0 heterocycles. The minimum Gasteiger partial charge on any atom is -0.388 e. The Kier molecular flexibility index (Phi) is 3.26. The van der Waals surface area contributed by atoms with Crippen LogP contribution in [0.5, 0.6) is 0 Å². The van der Waals surface area contributed by atoms with E-state index in [9.17, 15) is 9.50 Å². The third-order valence-electron chi connectivity index (χ3n) is 4.24. The van der Waals surface area contributed by atoms with Crippen LogP contribution in [0.25, 0.3) is 0 Å². The van der Waals surface area contributed by atoms with Crippen molar-refractivity contribution < 1.29 is 9.50 Å². The fourth-order valence-electron chi connectivity index (χ4n) is 3.16. The molecule has 1 fully saturated rings. The lowest BCUT2D eigenvalue weighted by Gasteiger charge is -2.32. The number of rotatable bonds is 2. The van der Waals surface area contributed by atoms with E-state index in [1.54, 1.807) is 0 Å². The highest BCUT2D eigenvalue weighted by Crippen LogP contribution is 2.48. The van der Waals surface area contributed by atoms with Gasteiger partial charge in [0.1, 0.15) is 5.82 Å². The number of aliphatic hydroxyl groups is 1. The molecule has 0 aromatic heterocycles. The third kappa shape index (κ3) is 2.23. The Morgan fingerprint density at radius 2 is 1.65 bits per heavy atom. The van der Waals surface area contributed by atoms with E-state index in [1.807, 2.05) is 13.8 Å². The molecule has 0 radical (unpaired) electrons. The van der Waals surface area contributed by atoms with Gasteiger partial charge in [0.25, 0.3) is 0 Å². The largest absolute Gasteiger partial charge is 0.388 e. The van der Waals surface area contributed by atoms with Gasteiger partial charge < -0.3 is 5.11 Å². The monoisotopic (exact) mass is 236 g/mol. The average Bonchev–Trinajstić information content (AvgIpc) is 2.64. The Morgan fingerprint density at radius 1 is 1.18 bits per heavy atom. The lowest BCUT2D eigenvalue weighted by atomic mass is 9.77. The van der Waals surface area contributed by atoms with Crippen LogP contribution in [0.15, 0.2) is 12.1 Å². The first-order valence-electron chi connectivity index (χ1n) is 6.39. The normalized spacial score (nSPS) is 20.5. The molecule has 1 nitrogen and oxygen atoms in total. The van der Waals surface area contributed by atoms with E-state index < -0.39 is 6.10 Å². The summed E-state index contributed by atoms with van der Waals surface area (Å²) < 4.78 is 13.3. The van der Waals surface area contributed by atoms with Gasteiger partial charge in [-0.25, -0.2) is 4.39 Å². The minimum atomic E-state index is -0.467. The van der Waals surface area contributed by atoms with Crippen LogP contribution in [-0.2, 0) is 0 Å². The van der Waals surface area contributed by atoms with Crippen LogP contribution in [0.4, 0.5) is 4.39 Å². The van der Waals surface area contributed by atoms with E-state index in [-0.39, 0.29) is 11.2 Å². The highest BCUT2D eigenvalue weighted by Gasteiger charge is 2.38. The van der Waals surface area contributed by atoms with Gasteiger partial charge in [0.05, 0.1) is 6.10 Å². The lowest BCUT2D eigenvalue weighted by Crippen LogP contribution is -2.23. The van der Waals surface area contributed by atoms with Crippen LogP contribution in [0.2, 0.25) is 0 Å². The number of aliphatic hydroxyl groups excluding tert-OH is 1. The van der Waals surface area contributed by atoms with E-state index in [0.717, 1.165) is 29.5 Å². The summed E-state index contributed by atoms with van der Waals surface area (Å²) in [5, 5.41) is 10.6. The minimum absolute atomic E-state index is 0.0344. The maximum Gasteiger partial charge on any atom is 0.123 e. The first-order valence-corrected chi connectivity index (χ1v) is 6.39. The zero-order valence-corrected chi connectivity index (χ0v) is 10.9. The maximum absolute atomic E-state index is 13.3. The number of aryl methyl sites for hydroxylation is 2. The van der Waals surface area contributed by atoms with E-state index in [2.05, 4.69) is 6.92 Å². The molecule has 2 rings (SSSR count). The van der Waals surface area contributed by atoms with E-state index in [4.69, 9.17) is 0 Å². The molecule has 0 spiro atoms. The van der Waals surface area contributed by atoms with Gasteiger partial charge in [0, 0.05) is 0 Å². The number of hydrogen-bond acceptors (Lipinski definition) is 1. The van der Waals surface area contributed by atoms with E-state index in [1.165, 1.54) is 25.0 Å². The van der Waals surface area contributed by atoms with Crippen molar-refractivity contribution in [1.29, 1.82) is 0 Å². The van der Waals surface area contributed by atoms with Gasteiger partial charge in [-0.15, -0.1) is 0 Å². The Hall–Kier alpha value is -0.890. The summed E-state index contributed by atoms with van der Waals surface area (Å²) in [6.45, 7) is 5.91. The zero-order valence-electron chi connectivity index (χ0n) is 10.9. The topological polar surface area (TPSA) is 20.2 Å². The summed E-state index contributed by atoms with van der Waals surface area (Å²) in [4.78, 5) is 0. The van der Waals surface area contributed by atoms with Gasteiger partial charge in [-0.05, 0) is 60.9 Å². The second kappa shape index (κ2) is 4.41. The Bertz CT molecular complexity index is 396. The molecule has 0 amide bonds. The number of benzene rings is 1. The summed E-state index contributed by atoms with van der Waals surface area (Å²) in [5.74, 6) is -0.215. The highest BCUT2D eigenvalue weighted by molar-refractivity contribution is 5.37. The van der Waals surface area contributed by atoms with Crippen molar-refractivity contribution >= 4 is 0 Å². The Morgan fingerprint density at radius 3 is 2.12 bits per heavy atom. The van der Waals surface area contributed by atoms with Crippen LogP contribution in [0.3, 0.4) is 0 Å². The molecule has 1 aliphatic rings. The second-order valence-corrected chi connectivity index (χ2v) is 5.72. The van der Waals surface area contributed by atoms with Gasteiger partial charge in [-0.1, -0.05) is 19.8 Å². The van der Waals surface area contributed by atoms with Crippen LogP contribution in [0.1, 0.15) is 55.4 Å². The Balaban J connectivity index is 2.40. The molecule has 0 aliphatic heterocycles. The smallest absolute Gasteiger partial charge is 0.123 e. The van der Waals surface area contributed by atoms with Crippen LogP contribution in [0, 0.1) is 25.1 Å². The highest BCUT2D eigenvalue weighted by atomic mass is 19.1. The molecule has 0 bridgehead atoms. The summed E-state index contributed by atoms with van der Waals surface area (Å²) in [6.07, 6.45) is 4.03. The molecule has 1 atom stereocenters. The fourth-order valence-corrected chi connectivity index (χ4v) is 3.16. The molecule has 94 valence electrons. The van der Waals surface area contributed by atoms with E-state index in [0.29, 0.717) is 0 Å². The molecule has 0 saturated heterocycles. The Labute approximate surface area is 103 Å². The summed E-state index contributed by atoms with van der Waals surface area (Å²) >= 11 is 0. The van der Waals surface area contributed by atoms with Crippen LogP contribution < -0.4 is 0 Å². The molecule has 2 heteroatoms. The summed E-state index contributed by atoms with van der Waals surface area (Å²) in [5.41, 5.74) is 2.62. The van der Waals surface area contributed by atoms with Crippen molar-refractivity contribution in [2.24, 2.45) is 5.41 Å². The third-order valence-corrected chi connectivity index (χ3v) is 4.24. The molecule has 1 saturated carbocycles. The number of halogens is 1. The quantitative estimate of drug-likeness (QED) is 0.821. The summed E-state index contributed by atoms with van der Waals surface area (Å²) in [7, 11) is 0. The second-order valence-electron chi connectivity index (χ2n) is 5.72. The van der Waals surface area contributed by atoms with Crippen molar-refractivity contribution in [2.45, 2.75) is 52.6 Å². The molecule has 17 heavy (non-hydrogen) atoms. The first-order chi connectivity index (χ1) is 7.94. The molecule has 1 unspecified atom stereocenters. The van der Waals surface area contributed by atoms with Gasteiger partial charge in [0.2, 0.25) is 0 Å². The van der Waals surface area contributed by atoms with Crippen molar-refractivity contribution in [1.82, 2.24) is 0 Å². The molecule has 1 aromatic carbocycles. The van der Waals surface area contributed by atoms with Crippen molar-refractivity contribution in [3.8, 4) is 0 Å². The molecule has 1 aromatic rings. The zero-order chi connectivity index (χ0) is 12.6. The van der Waals surface area contributed by atoms with Crippen LogP contribution in [-0.4, -0.2) is 5.11 Å². The summed E-state index contributed by atoms with van der Waals surface area (Å²) in [6, 6.07) is 3.04. The van der Waals surface area contributed by atoms with Gasteiger partial charge in [-0.3, -0.25) is 0 Å². The molecule has 1 N–H and O–H groups in total. The van der Waals surface area contributed by atoms with Gasteiger partial charge in [-0.2, -0.15) is 0 Å². The standard InChI is InChI=1S/C15H21FO/c1-10-8-12(16)9-11(2)13(10)14(17)15(3)6-4-5-7-15/h8-9,14,17H,4-7H2,1-3H3. The van der Waals surface area contributed by atoms with Crippen molar-refractivity contribution in [3.05, 3.63) is 34.6 Å². The molecular formula is C15H21FO. The molecule has 1 aliphatic carbocycles. The predicted molar refractivity (Wildman–Crippen MR) is 67.4 cm³/mol. The van der Waals surface area contributed by atoms with Crippen LogP contribution >= 0.6 is 0 Å². The predicted octanol–water partition coefficient (Wildman–Crippen LogP) is 4.06. The fraction of sp³-hybridized carbons (Fsp3) is 0.600. The van der Waals surface area contributed by atoms with Crippen molar-refractivity contribution in [2.75, 3.05) is 0 Å². The SMILES string of the molecule is Cc1cc(F)cc(C)c1C(O)C1(C)CCCC1. The lowest BCUT2D eigenvalue weighted by molar-refractivity contribution is 0.0398. The van der Waals surface area contributed by atoms with E-state index >= 15 is 0 Å². The first kappa shape index (κ1) is 12.6. The number of hydrogen-bond donors (Lipinski definition) is 1. The van der Waals surface area contributed by atoms with Gasteiger partial charge >= 0.3 is 0 Å². The average molecular weight is 236 g/mol. The molecular weight excluding hydrogens is 215 g/mol. The van der Waals surface area contributed by atoms with Crippen molar-refractivity contribution in [3.63, 3.8) is 0 Å². The van der Waals surface area contributed by atoms with Gasteiger partial charge in [0.15, 0.2) is 0 Å².